The first-order chi connectivity index (χ1) is 11.5. The van der Waals surface area contributed by atoms with E-state index in [4.69, 9.17) is 5.11 Å². The lowest BCUT2D eigenvalue weighted by Gasteiger charge is -2.14. The third-order valence-corrected chi connectivity index (χ3v) is 4.33. The first-order valence-electron chi connectivity index (χ1n) is 10.0. The molecule has 140 valence electrons. The minimum absolute atomic E-state index is 0.0719. The van der Waals surface area contributed by atoms with Crippen molar-refractivity contribution < 1.29 is 9.90 Å². The van der Waals surface area contributed by atoms with E-state index in [-0.39, 0.29) is 11.8 Å². The number of rotatable bonds is 16. The van der Waals surface area contributed by atoms with E-state index < -0.39 is 5.97 Å². The van der Waals surface area contributed by atoms with Crippen molar-refractivity contribution in [2.75, 3.05) is 0 Å². The highest BCUT2D eigenvalue weighted by molar-refractivity contribution is 5.66. The molecule has 0 atom stereocenters. The Morgan fingerprint density at radius 3 is 1.75 bits per heavy atom. The lowest BCUT2D eigenvalue weighted by atomic mass is 9.91. The predicted octanol–water partition coefficient (Wildman–Crippen LogP) is 7.30. The highest BCUT2D eigenvalue weighted by Gasteiger charge is 2.07. The fourth-order valence-electron chi connectivity index (χ4n) is 2.77. The van der Waals surface area contributed by atoms with Gasteiger partial charge in [-0.3, -0.25) is 4.79 Å². The molecule has 0 radical (unpaired) electrons. The van der Waals surface area contributed by atoms with Crippen molar-refractivity contribution in [1.29, 1.82) is 0 Å². The predicted molar refractivity (Wildman–Crippen MR) is 105 cm³/mol. The van der Waals surface area contributed by atoms with Gasteiger partial charge >= 0.3 is 5.97 Å². The van der Waals surface area contributed by atoms with Gasteiger partial charge in [0, 0.05) is 11.8 Å². The molecule has 0 rings (SSSR count). The first-order valence-corrected chi connectivity index (χ1v) is 10.0. The topological polar surface area (TPSA) is 37.3 Å². The third kappa shape index (κ3) is 17.3. The maximum atomic E-state index is 10.5. The van der Waals surface area contributed by atoms with Gasteiger partial charge in [-0.25, -0.2) is 0 Å². The van der Waals surface area contributed by atoms with Crippen LogP contribution in [0.25, 0.3) is 0 Å². The quantitative estimate of drug-likeness (QED) is 0.237. The number of aliphatic carboxylic acids is 1. The Labute approximate surface area is 150 Å². The smallest absolute Gasteiger partial charge is 0.303 e. The molecule has 0 saturated carbocycles. The summed E-state index contributed by atoms with van der Waals surface area (Å²) < 4.78 is 0. The van der Waals surface area contributed by atoms with Crippen LogP contribution in [0.15, 0.2) is 24.3 Å². The molecule has 0 bridgehead atoms. The van der Waals surface area contributed by atoms with Crippen LogP contribution in [0.2, 0.25) is 0 Å². The highest BCUT2D eigenvalue weighted by Crippen LogP contribution is 2.20. The fourth-order valence-corrected chi connectivity index (χ4v) is 2.77. The zero-order chi connectivity index (χ0) is 18.1. The molecular formula is C22H40O2. The van der Waals surface area contributed by atoms with Crippen LogP contribution in [-0.2, 0) is 4.79 Å². The molecule has 0 aliphatic rings. The van der Waals surface area contributed by atoms with Gasteiger partial charge in [-0.1, -0.05) is 96.4 Å². The summed E-state index contributed by atoms with van der Waals surface area (Å²) >= 11 is 0. The summed E-state index contributed by atoms with van der Waals surface area (Å²) in [5.74, 6) is -0.705. The van der Waals surface area contributed by atoms with Crippen molar-refractivity contribution in [2.45, 2.75) is 104 Å². The molecule has 0 amide bonds. The van der Waals surface area contributed by atoms with E-state index in [1.807, 2.05) is 0 Å². The van der Waals surface area contributed by atoms with Gasteiger partial charge in [0.2, 0.25) is 0 Å². The molecule has 0 aromatic heterocycles. The van der Waals surface area contributed by atoms with Crippen molar-refractivity contribution in [3.63, 3.8) is 0 Å². The summed E-state index contributed by atoms with van der Waals surface area (Å²) in [6, 6.07) is 0. The molecule has 0 saturated heterocycles. The summed E-state index contributed by atoms with van der Waals surface area (Å²) in [6.07, 6.45) is 24.3. The van der Waals surface area contributed by atoms with Gasteiger partial charge in [-0.15, -0.1) is 0 Å². The van der Waals surface area contributed by atoms with Crippen LogP contribution in [0, 0.1) is 5.41 Å². The number of carboxylic acid groups (broad SMARTS) is 1. The van der Waals surface area contributed by atoms with Crippen LogP contribution in [0.4, 0.5) is 0 Å². The molecule has 1 N–H and O–H groups in total. The summed E-state index contributed by atoms with van der Waals surface area (Å²) in [7, 11) is 0. The summed E-state index contributed by atoms with van der Waals surface area (Å²) in [5, 5.41) is 8.61. The summed E-state index contributed by atoms with van der Waals surface area (Å²) in [5.41, 5.74) is 0.0719. The lowest BCUT2D eigenvalue weighted by Crippen LogP contribution is -2.02. The number of allylic oxidation sites excluding steroid dienone is 4. The maximum absolute atomic E-state index is 10.5. The van der Waals surface area contributed by atoms with Crippen LogP contribution < -0.4 is 0 Å². The second kappa shape index (κ2) is 15.5. The van der Waals surface area contributed by atoms with Gasteiger partial charge in [-0.2, -0.15) is 0 Å². The number of carboxylic acids is 1. The van der Waals surface area contributed by atoms with E-state index in [0.29, 0.717) is 0 Å². The van der Waals surface area contributed by atoms with Crippen LogP contribution in [0.3, 0.4) is 0 Å². The van der Waals surface area contributed by atoms with Gasteiger partial charge in [-0.05, 0) is 25.7 Å². The van der Waals surface area contributed by atoms with Gasteiger partial charge in [0.25, 0.3) is 0 Å². The molecule has 0 aromatic carbocycles. The molecular weight excluding hydrogens is 296 g/mol. The standard InChI is InChI=1S/C22H40O2/c1-4-5-6-7-8-9-10-11-12-13-16-19-22(2,3)20-17-14-15-18-21(23)24/h16-17,19-20H,4-15,18H2,1-3H3,(H,23,24). The van der Waals surface area contributed by atoms with Crippen molar-refractivity contribution in [1.82, 2.24) is 0 Å². The molecule has 0 heterocycles. The Morgan fingerprint density at radius 2 is 1.25 bits per heavy atom. The molecule has 2 nitrogen and oxygen atoms in total. The van der Waals surface area contributed by atoms with Crippen LogP contribution in [0.1, 0.15) is 104 Å². The number of unbranched alkanes of at least 4 members (excludes halogenated alkanes) is 10. The third-order valence-electron chi connectivity index (χ3n) is 4.33. The van der Waals surface area contributed by atoms with E-state index >= 15 is 0 Å². The SMILES string of the molecule is CCCCCCCCCCCC=CC(C)(C)C=CCCCC(=O)O. The molecule has 0 aromatic rings. The number of carbonyl (C=O) groups is 1. The minimum Gasteiger partial charge on any atom is -0.481 e. The number of hydrogen-bond donors (Lipinski definition) is 1. The van der Waals surface area contributed by atoms with Gasteiger partial charge in [0.05, 0.1) is 0 Å². The van der Waals surface area contributed by atoms with E-state index in [2.05, 4.69) is 45.1 Å². The Morgan fingerprint density at radius 1 is 0.792 bits per heavy atom. The zero-order valence-electron chi connectivity index (χ0n) is 16.4. The normalized spacial score (nSPS) is 12.5. The molecule has 24 heavy (non-hydrogen) atoms. The van der Waals surface area contributed by atoms with E-state index in [9.17, 15) is 4.79 Å². The monoisotopic (exact) mass is 336 g/mol. The maximum Gasteiger partial charge on any atom is 0.303 e. The zero-order valence-corrected chi connectivity index (χ0v) is 16.4. The number of hydrogen-bond acceptors (Lipinski definition) is 1. The van der Waals surface area contributed by atoms with Crippen molar-refractivity contribution in [3.8, 4) is 0 Å². The van der Waals surface area contributed by atoms with E-state index in [0.717, 1.165) is 12.8 Å². The second-order valence-electron chi connectivity index (χ2n) is 7.53. The Kier molecular flexibility index (Phi) is 14.8. The average Bonchev–Trinajstić information content (AvgIpc) is 2.52. The van der Waals surface area contributed by atoms with Crippen molar-refractivity contribution in [3.05, 3.63) is 24.3 Å². The average molecular weight is 337 g/mol. The highest BCUT2D eigenvalue weighted by atomic mass is 16.4. The molecule has 0 unspecified atom stereocenters. The minimum atomic E-state index is -0.705. The summed E-state index contributed by atoms with van der Waals surface area (Å²) in [4.78, 5) is 10.5. The van der Waals surface area contributed by atoms with Gasteiger partial charge < -0.3 is 5.11 Å². The molecule has 0 spiro atoms. The molecule has 0 aliphatic heterocycles. The van der Waals surface area contributed by atoms with E-state index in [1.54, 1.807) is 0 Å². The van der Waals surface area contributed by atoms with Crippen LogP contribution in [-0.4, -0.2) is 11.1 Å². The Bertz CT molecular complexity index is 353. The summed E-state index contributed by atoms with van der Waals surface area (Å²) in [6.45, 7) is 6.67. The lowest BCUT2D eigenvalue weighted by molar-refractivity contribution is -0.137. The van der Waals surface area contributed by atoms with E-state index in [1.165, 1.54) is 64.2 Å². The van der Waals surface area contributed by atoms with Gasteiger partial charge in [0.15, 0.2) is 0 Å². The van der Waals surface area contributed by atoms with Crippen molar-refractivity contribution in [2.24, 2.45) is 5.41 Å². The Hall–Kier alpha value is -1.05. The van der Waals surface area contributed by atoms with Crippen LogP contribution in [0.5, 0.6) is 0 Å². The van der Waals surface area contributed by atoms with Gasteiger partial charge in [0.1, 0.15) is 0 Å². The second-order valence-corrected chi connectivity index (χ2v) is 7.53. The molecule has 0 fully saturated rings. The molecule has 2 heteroatoms. The Balaban J connectivity index is 3.59. The van der Waals surface area contributed by atoms with Crippen LogP contribution >= 0.6 is 0 Å². The van der Waals surface area contributed by atoms with Crippen molar-refractivity contribution >= 4 is 5.97 Å². The largest absolute Gasteiger partial charge is 0.481 e. The molecule has 0 aliphatic carbocycles. The fraction of sp³-hybridized carbons (Fsp3) is 0.773. The first kappa shape index (κ1) is 22.9.